The normalized spacial score (nSPS) is 8.38. The summed E-state index contributed by atoms with van der Waals surface area (Å²) in [7, 11) is 0. The number of carboxylic acid groups (broad SMARTS) is 1. The molecule has 1 aromatic heterocycles. The van der Waals surface area contributed by atoms with Crippen molar-refractivity contribution in [2.24, 2.45) is 0 Å². The minimum atomic E-state index is -0.981. The maximum Gasteiger partial charge on any atom is 0.327 e. The minimum absolute atomic E-state index is 0.442. The third kappa shape index (κ3) is 5.03. The summed E-state index contributed by atoms with van der Waals surface area (Å²) in [4.78, 5) is 10.3. The predicted molar refractivity (Wildman–Crippen MR) is 53.2 cm³/mol. The molecule has 0 aromatic carbocycles. The highest BCUT2D eigenvalue weighted by atomic mass is 32.1. The summed E-state index contributed by atoms with van der Waals surface area (Å²) in [6, 6.07) is 1.73. The summed E-state index contributed by atoms with van der Waals surface area (Å²) < 4.78 is 0. The summed E-state index contributed by atoms with van der Waals surface area (Å²) in [5, 5.41) is 18.5. The van der Waals surface area contributed by atoms with E-state index in [0.717, 1.165) is 17.4 Å². The number of aromatic hydroxyl groups is 1. The highest BCUT2D eigenvalue weighted by Crippen LogP contribution is 2.22. The van der Waals surface area contributed by atoms with Gasteiger partial charge in [-0.3, -0.25) is 0 Å². The average molecular weight is 200 g/mol. The van der Waals surface area contributed by atoms with Crippen LogP contribution in [0.15, 0.2) is 24.1 Å². The van der Waals surface area contributed by atoms with E-state index >= 15 is 0 Å². The van der Waals surface area contributed by atoms with Gasteiger partial charge < -0.3 is 10.2 Å². The zero-order valence-electron chi connectivity index (χ0n) is 7.36. The predicted octanol–water partition coefficient (Wildman–Crippen LogP) is 2.27. The molecule has 0 radical (unpaired) electrons. The Hall–Kier alpha value is -1.29. The number of aryl methyl sites for hydroxylation is 1. The van der Waals surface area contributed by atoms with Crippen molar-refractivity contribution in [3.8, 4) is 5.75 Å². The smallest absolute Gasteiger partial charge is 0.327 e. The van der Waals surface area contributed by atoms with Gasteiger partial charge in [-0.25, -0.2) is 4.79 Å². The number of rotatable bonds is 2. The number of carbonyl (C=O) groups is 1. The van der Waals surface area contributed by atoms with Gasteiger partial charge in [0.2, 0.25) is 0 Å². The molecule has 0 unspecified atom stereocenters. The van der Waals surface area contributed by atoms with Crippen LogP contribution in [0.1, 0.15) is 11.8 Å². The quantitative estimate of drug-likeness (QED) is 0.720. The highest BCUT2D eigenvalue weighted by molar-refractivity contribution is 7.10. The molecule has 1 rings (SSSR count). The average Bonchev–Trinajstić information content (AvgIpc) is 2.52. The molecule has 13 heavy (non-hydrogen) atoms. The Labute approximate surface area is 81.0 Å². The lowest BCUT2D eigenvalue weighted by atomic mass is 10.4. The Morgan fingerprint density at radius 1 is 1.77 bits per heavy atom. The molecule has 0 aliphatic rings. The van der Waals surface area contributed by atoms with E-state index in [1.165, 1.54) is 0 Å². The molecule has 72 valence electrons. The molecule has 0 spiro atoms. The second kappa shape index (κ2) is 6.25. The zero-order valence-corrected chi connectivity index (χ0v) is 8.17. The van der Waals surface area contributed by atoms with Crippen molar-refractivity contribution in [2.75, 3.05) is 0 Å². The van der Waals surface area contributed by atoms with Crippen molar-refractivity contribution in [1.82, 2.24) is 0 Å². The van der Waals surface area contributed by atoms with E-state index in [4.69, 9.17) is 10.2 Å². The van der Waals surface area contributed by atoms with Crippen LogP contribution in [0.4, 0.5) is 0 Å². The van der Waals surface area contributed by atoms with Gasteiger partial charge in [-0.1, -0.05) is 13.5 Å². The van der Waals surface area contributed by atoms with Gasteiger partial charge in [0.05, 0.1) is 0 Å². The van der Waals surface area contributed by atoms with Crippen molar-refractivity contribution in [3.63, 3.8) is 0 Å². The van der Waals surface area contributed by atoms with E-state index < -0.39 is 5.97 Å². The first-order chi connectivity index (χ1) is 6.11. The second-order valence-electron chi connectivity index (χ2n) is 2.12. The Kier molecular flexibility index (Phi) is 5.63. The number of hydrogen-bond acceptors (Lipinski definition) is 3. The van der Waals surface area contributed by atoms with Crippen molar-refractivity contribution in [2.45, 2.75) is 13.3 Å². The second-order valence-corrected chi connectivity index (χ2v) is 3.13. The Bertz CT molecular complexity index is 278. The molecule has 2 N–H and O–H groups in total. The fourth-order valence-electron chi connectivity index (χ4n) is 0.598. The maximum absolute atomic E-state index is 9.25. The van der Waals surface area contributed by atoms with Crippen LogP contribution in [0, 0.1) is 0 Å². The lowest BCUT2D eigenvalue weighted by Crippen LogP contribution is -1.82. The van der Waals surface area contributed by atoms with Crippen LogP contribution >= 0.6 is 11.3 Å². The van der Waals surface area contributed by atoms with Crippen LogP contribution in [0.5, 0.6) is 5.75 Å². The van der Waals surface area contributed by atoms with E-state index in [-0.39, 0.29) is 0 Å². The molecule has 0 amide bonds. The zero-order chi connectivity index (χ0) is 10.3. The lowest BCUT2D eigenvalue weighted by molar-refractivity contribution is -0.131. The van der Waals surface area contributed by atoms with Gasteiger partial charge in [-0.05, 0) is 17.9 Å². The number of carboxylic acids is 1. The third-order valence-electron chi connectivity index (χ3n) is 1.22. The summed E-state index contributed by atoms with van der Waals surface area (Å²) in [6.45, 7) is 4.99. The van der Waals surface area contributed by atoms with Gasteiger partial charge in [-0.2, -0.15) is 0 Å². The van der Waals surface area contributed by atoms with Crippen LogP contribution < -0.4 is 0 Å². The molecule has 0 bridgehead atoms. The molecule has 0 saturated carbocycles. The van der Waals surface area contributed by atoms with Gasteiger partial charge in [0.15, 0.2) is 0 Å². The van der Waals surface area contributed by atoms with Gasteiger partial charge in [-0.15, -0.1) is 11.3 Å². The van der Waals surface area contributed by atoms with E-state index in [1.807, 2.05) is 12.3 Å². The Morgan fingerprint density at radius 2 is 2.31 bits per heavy atom. The van der Waals surface area contributed by atoms with Crippen molar-refractivity contribution in [3.05, 3.63) is 29.0 Å². The topological polar surface area (TPSA) is 57.5 Å². The monoisotopic (exact) mass is 200 g/mol. The molecule has 1 aromatic rings. The van der Waals surface area contributed by atoms with Gasteiger partial charge >= 0.3 is 5.97 Å². The first-order valence-corrected chi connectivity index (χ1v) is 4.60. The highest BCUT2D eigenvalue weighted by Gasteiger charge is 1.95. The van der Waals surface area contributed by atoms with Crippen LogP contribution in [0.3, 0.4) is 0 Å². The summed E-state index contributed by atoms with van der Waals surface area (Å²) in [6.07, 6.45) is 1.77. The van der Waals surface area contributed by atoms with Crippen LogP contribution in [-0.2, 0) is 11.2 Å². The molecule has 4 heteroatoms. The van der Waals surface area contributed by atoms with E-state index in [9.17, 15) is 4.79 Å². The van der Waals surface area contributed by atoms with Crippen molar-refractivity contribution in [1.29, 1.82) is 0 Å². The molecule has 1 heterocycles. The van der Waals surface area contributed by atoms with E-state index in [1.54, 1.807) is 17.4 Å². The fourth-order valence-corrected chi connectivity index (χ4v) is 1.32. The van der Waals surface area contributed by atoms with Crippen LogP contribution in [0.25, 0.3) is 0 Å². The molecule has 0 aliphatic heterocycles. The van der Waals surface area contributed by atoms with Gasteiger partial charge in [0.25, 0.3) is 0 Å². The van der Waals surface area contributed by atoms with E-state index in [0.29, 0.717) is 5.75 Å². The Balaban J connectivity index is 0.000000252. The third-order valence-corrected chi connectivity index (χ3v) is 2.27. The summed E-state index contributed by atoms with van der Waals surface area (Å²) in [5.41, 5.74) is 0. The minimum Gasteiger partial charge on any atom is -0.507 e. The lowest BCUT2D eigenvalue weighted by Gasteiger charge is -1.86. The first-order valence-electron chi connectivity index (χ1n) is 3.72. The maximum atomic E-state index is 9.25. The molecular weight excluding hydrogens is 188 g/mol. The van der Waals surface area contributed by atoms with E-state index in [2.05, 4.69) is 6.58 Å². The SMILES string of the molecule is C=CC(=O)O.CCc1sccc1O. The van der Waals surface area contributed by atoms with Crippen molar-refractivity contribution < 1.29 is 15.0 Å². The van der Waals surface area contributed by atoms with Gasteiger partial charge in [0.1, 0.15) is 5.75 Å². The number of hydrogen-bond donors (Lipinski definition) is 2. The van der Waals surface area contributed by atoms with Crippen LogP contribution in [0.2, 0.25) is 0 Å². The molecule has 0 atom stereocenters. The largest absolute Gasteiger partial charge is 0.507 e. The number of aliphatic carboxylic acids is 1. The fraction of sp³-hybridized carbons (Fsp3) is 0.222. The number of thiophene rings is 1. The molecule has 0 fully saturated rings. The summed E-state index contributed by atoms with van der Waals surface area (Å²) >= 11 is 1.60. The molecular formula is C9H12O3S. The standard InChI is InChI=1S/C6H8OS.C3H4O2/c1-2-6-5(7)3-4-8-6;1-2-3(4)5/h3-4,7H,2H2,1H3;2H,1H2,(H,4,5). The van der Waals surface area contributed by atoms with Gasteiger partial charge in [0, 0.05) is 11.0 Å². The summed E-state index contributed by atoms with van der Waals surface area (Å²) in [5.74, 6) is -0.539. The first kappa shape index (κ1) is 11.7. The molecule has 3 nitrogen and oxygen atoms in total. The van der Waals surface area contributed by atoms with Crippen molar-refractivity contribution >= 4 is 17.3 Å². The van der Waals surface area contributed by atoms with Crippen LogP contribution in [-0.4, -0.2) is 16.2 Å². The molecule has 0 saturated heterocycles. The molecule has 0 aliphatic carbocycles. The Morgan fingerprint density at radius 3 is 2.46 bits per heavy atom.